The van der Waals surface area contributed by atoms with Crippen LogP contribution in [0.3, 0.4) is 0 Å². The van der Waals surface area contributed by atoms with E-state index >= 15 is 0 Å². The van der Waals surface area contributed by atoms with Gasteiger partial charge in [0.2, 0.25) is 0 Å². The number of carbonyl (C=O) groups excluding carboxylic acids is 2. The zero-order chi connectivity index (χ0) is 23.0. The van der Waals surface area contributed by atoms with Crippen LogP contribution in [0.25, 0.3) is 21.9 Å². The number of methoxy groups -OCH3 is 1. The largest absolute Gasteiger partial charge is 0.508 e. The number of fused-ring (bicyclic) bond motifs is 1. The van der Waals surface area contributed by atoms with Gasteiger partial charge in [0.1, 0.15) is 17.8 Å². The van der Waals surface area contributed by atoms with Crippen molar-refractivity contribution in [1.29, 1.82) is 0 Å². The van der Waals surface area contributed by atoms with Gasteiger partial charge in [0, 0.05) is 29.4 Å². The Labute approximate surface area is 187 Å². The fraction of sp³-hybridized carbons (Fsp3) is 0.231. The summed E-state index contributed by atoms with van der Waals surface area (Å²) in [5, 5.41) is 14.4. The van der Waals surface area contributed by atoms with Gasteiger partial charge in [-0.25, -0.2) is 4.79 Å². The van der Waals surface area contributed by atoms with Crippen LogP contribution >= 0.6 is 0 Å². The van der Waals surface area contributed by atoms with Crippen molar-refractivity contribution in [3.05, 3.63) is 65.9 Å². The van der Waals surface area contributed by atoms with E-state index in [2.05, 4.69) is 26.1 Å². The number of benzene rings is 3. The molecule has 0 spiro atoms. The summed E-state index contributed by atoms with van der Waals surface area (Å²) < 4.78 is 5.87. The minimum absolute atomic E-state index is 0.214. The number of carbonyl (C=O) groups is 2. The van der Waals surface area contributed by atoms with Gasteiger partial charge < -0.3 is 15.2 Å². The van der Waals surface area contributed by atoms with Gasteiger partial charge in [-0.2, -0.15) is 0 Å². The molecule has 3 aromatic carbocycles. The highest BCUT2D eigenvalue weighted by molar-refractivity contribution is 5.99. The van der Waals surface area contributed by atoms with Gasteiger partial charge >= 0.3 is 6.03 Å². The number of rotatable bonds is 4. The predicted molar refractivity (Wildman–Crippen MR) is 126 cm³/mol. The molecule has 6 nitrogen and oxygen atoms in total. The Morgan fingerprint density at radius 2 is 1.78 bits per heavy atom. The second kappa shape index (κ2) is 8.04. The maximum absolute atomic E-state index is 12.6. The van der Waals surface area contributed by atoms with Gasteiger partial charge in [-0.15, -0.1) is 0 Å². The minimum atomic E-state index is -0.291. The molecular formula is C26H26N2O4. The molecule has 3 aromatic rings. The molecule has 0 radical (unpaired) electrons. The zero-order valence-corrected chi connectivity index (χ0v) is 18.6. The van der Waals surface area contributed by atoms with E-state index in [0.717, 1.165) is 39.5 Å². The Kier molecular flexibility index (Phi) is 5.38. The van der Waals surface area contributed by atoms with Crippen molar-refractivity contribution in [1.82, 2.24) is 5.32 Å². The Bertz CT molecular complexity index is 1250. The Hall–Kier alpha value is -3.80. The van der Waals surface area contributed by atoms with E-state index in [1.807, 2.05) is 36.4 Å². The van der Waals surface area contributed by atoms with Crippen LogP contribution in [-0.2, 0) is 10.2 Å². The monoisotopic (exact) mass is 430 g/mol. The molecule has 0 saturated heterocycles. The number of hydrogen-bond donors (Lipinski definition) is 2. The fourth-order valence-electron chi connectivity index (χ4n) is 3.94. The van der Waals surface area contributed by atoms with Crippen LogP contribution in [0.15, 0.2) is 60.3 Å². The maximum Gasteiger partial charge on any atom is 0.326 e. The highest BCUT2D eigenvalue weighted by atomic mass is 16.5. The molecular weight excluding hydrogens is 404 g/mol. The van der Waals surface area contributed by atoms with Crippen LogP contribution in [0.1, 0.15) is 26.3 Å². The fourth-order valence-corrected chi connectivity index (χ4v) is 3.94. The van der Waals surface area contributed by atoms with Crippen LogP contribution in [0, 0.1) is 0 Å². The first-order valence-corrected chi connectivity index (χ1v) is 10.4. The number of ether oxygens (including phenoxy) is 1. The van der Waals surface area contributed by atoms with Crippen LogP contribution in [0.4, 0.5) is 10.5 Å². The first-order chi connectivity index (χ1) is 15.2. The number of hydrogen-bond acceptors (Lipinski definition) is 4. The van der Waals surface area contributed by atoms with E-state index in [1.54, 1.807) is 25.4 Å². The Balaban J connectivity index is 1.97. The van der Waals surface area contributed by atoms with Gasteiger partial charge in [0.15, 0.2) is 0 Å². The summed E-state index contributed by atoms with van der Waals surface area (Å²) >= 11 is 0. The molecule has 0 aliphatic carbocycles. The Morgan fingerprint density at radius 1 is 1.06 bits per heavy atom. The molecule has 0 unspecified atom stereocenters. The smallest absolute Gasteiger partial charge is 0.326 e. The summed E-state index contributed by atoms with van der Waals surface area (Å²) in [6.45, 7) is 6.48. The quantitative estimate of drug-likeness (QED) is 0.563. The lowest BCUT2D eigenvalue weighted by Gasteiger charge is -2.29. The molecule has 0 aromatic heterocycles. The highest BCUT2D eigenvalue weighted by Gasteiger charge is 2.27. The van der Waals surface area contributed by atoms with E-state index in [4.69, 9.17) is 4.74 Å². The van der Waals surface area contributed by atoms with Gasteiger partial charge in [0.05, 0.1) is 12.8 Å². The van der Waals surface area contributed by atoms with Gasteiger partial charge in [-0.1, -0.05) is 39.0 Å². The van der Waals surface area contributed by atoms with Crippen molar-refractivity contribution in [3.8, 4) is 22.6 Å². The molecule has 0 fully saturated rings. The van der Waals surface area contributed by atoms with Gasteiger partial charge in [-0.3, -0.25) is 9.69 Å². The lowest BCUT2D eigenvalue weighted by atomic mass is 9.83. The number of aldehydes is 1. The minimum Gasteiger partial charge on any atom is -0.508 e. The number of phenolic OH excluding ortho intramolecular Hbond substituents is 1. The molecule has 32 heavy (non-hydrogen) atoms. The maximum atomic E-state index is 12.6. The summed E-state index contributed by atoms with van der Waals surface area (Å²) in [4.78, 5) is 25.4. The second-order valence-corrected chi connectivity index (χ2v) is 8.92. The Morgan fingerprint density at radius 3 is 2.47 bits per heavy atom. The van der Waals surface area contributed by atoms with Crippen molar-refractivity contribution in [2.24, 2.45) is 0 Å². The number of amides is 2. The molecule has 4 rings (SSSR count). The summed E-state index contributed by atoms with van der Waals surface area (Å²) in [5.41, 5.74) is 3.58. The highest BCUT2D eigenvalue weighted by Crippen LogP contribution is 2.43. The van der Waals surface area contributed by atoms with Gasteiger partial charge in [0.25, 0.3) is 0 Å². The van der Waals surface area contributed by atoms with Crippen LogP contribution in [-0.4, -0.2) is 31.1 Å². The van der Waals surface area contributed by atoms with Crippen molar-refractivity contribution >= 4 is 28.8 Å². The van der Waals surface area contributed by atoms with Crippen molar-refractivity contribution in [3.63, 3.8) is 0 Å². The molecule has 164 valence electrons. The molecule has 0 atom stereocenters. The topological polar surface area (TPSA) is 78.9 Å². The molecule has 1 aliphatic heterocycles. The third kappa shape index (κ3) is 3.91. The van der Waals surface area contributed by atoms with Crippen molar-refractivity contribution < 1.29 is 19.4 Å². The summed E-state index contributed by atoms with van der Waals surface area (Å²) in [7, 11) is 1.64. The van der Waals surface area contributed by atoms with Crippen LogP contribution < -0.4 is 15.0 Å². The van der Waals surface area contributed by atoms with Crippen molar-refractivity contribution in [2.75, 3.05) is 18.6 Å². The normalized spacial score (nSPS) is 14.2. The summed E-state index contributed by atoms with van der Waals surface area (Å²) in [6.07, 6.45) is 2.33. The molecule has 1 aliphatic rings. The number of nitrogens with one attached hydrogen (secondary N) is 1. The van der Waals surface area contributed by atoms with Crippen molar-refractivity contribution in [2.45, 2.75) is 26.2 Å². The zero-order valence-electron chi connectivity index (χ0n) is 18.6. The second-order valence-electron chi connectivity index (χ2n) is 8.92. The van der Waals surface area contributed by atoms with Gasteiger partial charge in [-0.05, 0) is 52.1 Å². The van der Waals surface area contributed by atoms with E-state index in [9.17, 15) is 14.7 Å². The average molecular weight is 431 g/mol. The van der Waals surface area contributed by atoms with E-state index in [-0.39, 0.29) is 23.7 Å². The molecule has 2 amide bonds. The molecule has 0 bridgehead atoms. The standard InChI is InChI=1S/C26H26N2O4/c1-26(2,3)23-12-20(28-14-16(15-29)13-27-25(28)31)11-22(24(23)32-4)19-6-5-18-10-21(30)8-7-17(18)9-19/h5-12,14-15,30H,13H2,1-4H3,(H,27,31). The number of urea groups is 1. The van der Waals surface area contributed by atoms with Crippen LogP contribution in [0.2, 0.25) is 0 Å². The molecule has 6 heteroatoms. The van der Waals surface area contributed by atoms with E-state index in [1.165, 1.54) is 4.90 Å². The first-order valence-electron chi connectivity index (χ1n) is 10.4. The third-order valence-electron chi connectivity index (χ3n) is 5.61. The molecule has 0 saturated carbocycles. The number of nitrogens with zero attached hydrogens (tertiary/aromatic N) is 1. The summed E-state index contributed by atoms with van der Waals surface area (Å²) in [5.74, 6) is 0.949. The summed E-state index contributed by atoms with van der Waals surface area (Å²) in [6, 6.07) is 14.7. The lowest BCUT2D eigenvalue weighted by molar-refractivity contribution is -0.105. The van der Waals surface area contributed by atoms with E-state index < -0.39 is 0 Å². The SMILES string of the molecule is COc1c(-c2ccc3cc(O)ccc3c2)cc(N2C=C(C=O)CNC2=O)cc1C(C)(C)C. The predicted octanol–water partition coefficient (Wildman–Crippen LogP) is 5.13. The van der Waals surface area contributed by atoms with E-state index in [0.29, 0.717) is 11.3 Å². The number of aromatic hydroxyl groups is 1. The number of anilines is 1. The average Bonchev–Trinajstić information content (AvgIpc) is 2.77. The molecule has 1 heterocycles. The molecule has 2 N–H and O–H groups in total. The first kappa shape index (κ1) is 21.4. The number of phenols is 1. The lowest BCUT2D eigenvalue weighted by Crippen LogP contribution is -2.42. The van der Waals surface area contributed by atoms with Crippen LogP contribution in [0.5, 0.6) is 11.5 Å². The third-order valence-corrected chi connectivity index (χ3v) is 5.61.